The first-order valence-corrected chi connectivity index (χ1v) is 3.76. The van der Waals surface area contributed by atoms with E-state index in [-0.39, 0.29) is 0 Å². The number of anilines is 1. The van der Waals surface area contributed by atoms with Crippen LogP contribution in [-0.4, -0.2) is 19.6 Å². The molecule has 0 bridgehead atoms. The van der Waals surface area contributed by atoms with E-state index in [1.54, 1.807) is 10.6 Å². The number of nitrogens with two attached hydrogens (primary N) is 1. The number of hydrogen-bond acceptors (Lipinski definition) is 4. The Kier molecular flexibility index (Phi) is 1.43. The number of aryl methyl sites for hydroxylation is 1. The van der Waals surface area contributed by atoms with E-state index in [1.807, 2.05) is 6.20 Å². The molecule has 2 aromatic rings. The Morgan fingerprint density at radius 3 is 3.08 bits per heavy atom. The molecule has 12 heavy (non-hydrogen) atoms. The maximum Gasteiger partial charge on any atom is 0.256 e. The van der Waals surface area contributed by atoms with E-state index in [0.29, 0.717) is 11.7 Å². The highest BCUT2D eigenvalue weighted by Gasteiger charge is 2.01. The average molecular weight is 163 g/mol. The van der Waals surface area contributed by atoms with Gasteiger partial charge in [0.25, 0.3) is 5.78 Å². The minimum atomic E-state index is 0.382. The molecule has 0 aliphatic heterocycles. The Bertz CT molecular complexity index is 405. The summed E-state index contributed by atoms with van der Waals surface area (Å²) < 4.78 is 1.68. The van der Waals surface area contributed by atoms with Crippen molar-refractivity contribution in [3.8, 4) is 0 Å². The minimum Gasteiger partial charge on any atom is -0.368 e. The molecular weight excluding hydrogens is 154 g/mol. The first-order chi connectivity index (χ1) is 5.81. The standard InChI is InChI=1S/C7H9N5/c1-2-5-3-9-7-11-10-6(8)12(7)4-5/h3-4H,2H2,1H3,(H2,8,10). The highest BCUT2D eigenvalue weighted by Crippen LogP contribution is 2.04. The lowest BCUT2D eigenvalue weighted by Gasteiger charge is -1.96. The zero-order chi connectivity index (χ0) is 8.55. The van der Waals surface area contributed by atoms with E-state index < -0.39 is 0 Å². The Morgan fingerprint density at radius 1 is 1.50 bits per heavy atom. The third-order valence-electron chi connectivity index (χ3n) is 1.75. The van der Waals surface area contributed by atoms with Crippen LogP contribution >= 0.6 is 0 Å². The second kappa shape index (κ2) is 2.44. The fourth-order valence-electron chi connectivity index (χ4n) is 1.03. The second-order valence-electron chi connectivity index (χ2n) is 2.54. The van der Waals surface area contributed by atoms with Gasteiger partial charge in [0.2, 0.25) is 5.95 Å². The lowest BCUT2D eigenvalue weighted by molar-refractivity contribution is 1.02. The van der Waals surface area contributed by atoms with Gasteiger partial charge in [-0.2, -0.15) is 0 Å². The Hall–Kier alpha value is -1.65. The molecule has 0 fully saturated rings. The predicted octanol–water partition coefficient (Wildman–Crippen LogP) is 0.269. The van der Waals surface area contributed by atoms with Crippen LogP contribution in [0.4, 0.5) is 5.95 Å². The van der Waals surface area contributed by atoms with Gasteiger partial charge in [-0.1, -0.05) is 6.92 Å². The van der Waals surface area contributed by atoms with Gasteiger partial charge >= 0.3 is 0 Å². The van der Waals surface area contributed by atoms with Crippen molar-refractivity contribution in [3.05, 3.63) is 18.0 Å². The monoisotopic (exact) mass is 163 g/mol. The number of fused-ring (bicyclic) bond motifs is 1. The largest absolute Gasteiger partial charge is 0.368 e. The van der Waals surface area contributed by atoms with Gasteiger partial charge in [-0.15, -0.1) is 10.2 Å². The summed E-state index contributed by atoms with van der Waals surface area (Å²) in [6.07, 6.45) is 4.61. The van der Waals surface area contributed by atoms with Crippen LogP contribution in [0.1, 0.15) is 12.5 Å². The molecule has 0 unspecified atom stereocenters. The van der Waals surface area contributed by atoms with Gasteiger partial charge in [0.1, 0.15) is 0 Å². The lowest BCUT2D eigenvalue weighted by atomic mass is 10.3. The summed E-state index contributed by atoms with van der Waals surface area (Å²) in [5.74, 6) is 0.928. The number of nitrogens with zero attached hydrogens (tertiary/aromatic N) is 4. The van der Waals surface area contributed by atoms with Crippen molar-refractivity contribution in [1.82, 2.24) is 19.6 Å². The SMILES string of the molecule is CCc1cnc2nnc(N)n2c1. The van der Waals surface area contributed by atoms with Crippen LogP contribution in [0.2, 0.25) is 0 Å². The summed E-state index contributed by atoms with van der Waals surface area (Å²) in [7, 11) is 0. The molecule has 2 heterocycles. The maximum absolute atomic E-state index is 5.55. The lowest BCUT2D eigenvalue weighted by Crippen LogP contribution is -1.96. The molecule has 0 atom stereocenters. The van der Waals surface area contributed by atoms with Crippen LogP contribution in [0.5, 0.6) is 0 Å². The van der Waals surface area contributed by atoms with E-state index in [2.05, 4.69) is 22.1 Å². The van der Waals surface area contributed by atoms with Crippen molar-refractivity contribution in [1.29, 1.82) is 0 Å². The molecular formula is C7H9N5. The van der Waals surface area contributed by atoms with E-state index in [1.165, 1.54) is 0 Å². The van der Waals surface area contributed by atoms with Crippen molar-refractivity contribution in [2.45, 2.75) is 13.3 Å². The number of aromatic nitrogens is 4. The zero-order valence-electron chi connectivity index (χ0n) is 6.73. The smallest absolute Gasteiger partial charge is 0.256 e. The minimum absolute atomic E-state index is 0.382. The van der Waals surface area contributed by atoms with Crippen LogP contribution in [0, 0.1) is 0 Å². The molecule has 0 aliphatic carbocycles. The van der Waals surface area contributed by atoms with Gasteiger partial charge in [-0.25, -0.2) is 4.98 Å². The van der Waals surface area contributed by atoms with Crippen LogP contribution in [0.3, 0.4) is 0 Å². The third kappa shape index (κ3) is 0.903. The molecule has 0 aliphatic rings. The summed E-state index contributed by atoms with van der Waals surface area (Å²) in [5, 5.41) is 7.47. The highest BCUT2D eigenvalue weighted by molar-refractivity contribution is 5.36. The van der Waals surface area contributed by atoms with Gasteiger partial charge in [0, 0.05) is 12.4 Å². The molecule has 0 spiro atoms. The molecule has 0 saturated carbocycles. The van der Waals surface area contributed by atoms with E-state index >= 15 is 0 Å². The van der Waals surface area contributed by atoms with Gasteiger partial charge in [0.05, 0.1) is 0 Å². The predicted molar refractivity (Wildman–Crippen MR) is 44.6 cm³/mol. The Morgan fingerprint density at radius 2 is 2.33 bits per heavy atom. The molecule has 5 heteroatoms. The van der Waals surface area contributed by atoms with Crippen molar-refractivity contribution in [2.75, 3.05) is 5.73 Å². The fourth-order valence-corrected chi connectivity index (χ4v) is 1.03. The molecule has 2 rings (SSSR count). The van der Waals surface area contributed by atoms with E-state index in [4.69, 9.17) is 5.73 Å². The van der Waals surface area contributed by atoms with Gasteiger partial charge in [-0.05, 0) is 12.0 Å². The number of rotatable bonds is 1. The molecule has 5 nitrogen and oxygen atoms in total. The molecule has 2 N–H and O–H groups in total. The fraction of sp³-hybridized carbons (Fsp3) is 0.286. The molecule has 0 radical (unpaired) electrons. The number of nitrogen functional groups attached to an aromatic ring is 1. The van der Waals surface area contributed by atoms with Crippen molar-refractivity contribution >= 4 is 11.7 Å². The van der Waals surface area contributed by atoms with Gasteiger partial charge < -0.3 is 5.73 Å². The van der Waals surface area contributed by atoms with Crippen molar-refractivity contribution in [3.63, 3.8) is 0 Å². The topological polar surface area (TPSA) is 69.1 Å². The highest BCUT2D eigenvalue weighted by atomic mass is 15.3. The van der Waals surface area contributed by atoms with Crippen LogP contribution < -0.4 is 5.73 Å². The van der Waals surface area contributed by atoms with Crippen molar-refractivity contribution < 1.29 is 0 Å². The molecule has 0 amide bonds. The van der Waals surface area contributed by atoms with E-state index in [0.717, 1.165) is 12.0 Å². The van der Waals surface area contributed by atoms with Crippen LogP contribution in [-0.2, 0) is 6.42 Å². The summed E-state index contributed by atoms with van der Waals surface area (Å²) in [6, 6.07) is 0. The molecule has 62 valence electrons. The molecule has 2 aromatic heterocycles. The van der Waals surface area contributed by atoms with Crippen molar-refractivity contribution in [2.24, 2.45) is 0 Å². The quantitative estimate of drug-likeness (QED) is 0.655. The zero-order valence-corrected chi connectivity index (χ0v) is 6.73. The summed E-state index contributed by atoms with van der Waals surface area (Å²) in [5.41, 5.74) is 6.67. The Labute approximate surface area is 69.2 Å². The van der Waals surface area contributed by atoms with Crippen LogP contribution in [0.25, 0.3) is 5.78 Å². The first-order valence-electron chi connectivity index (χ1n) is 3.76. The Balaban J connectivity index is 2.71. The third-order valence-corrected chi connectivity index (χ3v) is 1.75. The normalized spacial score (nSPS) is 10.8. The second-order valence-corrected chi connectivity index (χ2v) is 2.54. The number of hydrogen-bond donors (Lipinski definition) is 1. The summed E-state index contributed by atoms with van der Waals surface area (Å²) in [6.45, 7) is 2.06. The first kappa shape index (κ1) is 7.02. The van der Waals surface area contributed by atoms with Gasteiger partial charge in [0.15, 0.2) is 0 Å². The molecule has 0 aromatic carbocycles. The molecule has 0 saturated heterocycles. The summed E-state index contributed by atoms with van der Waals surface area (Å²) in [4.78, 5) is 4.08. The van der Waals surface area contributed by atoms with Gasteiger partial charge in [-0.3, -0.25) is 4.40 Å². The van der Waals surface area contributed by atoms with E-state index in [9.17, 15) is 0 Å². The summed E-state index contributed by atoms with van der Waals surface area (Å²) >= 11 is 0. The average Bonchev–Trinajstić information content (AvgIpc) is 2.47. The maximum atomic E-state index is 5.55. The van der Waals surface area contributed by atoms with Crippen LogP contribution in [0.15, 0.2) is 12.4 Å².